The van der Waals surface area contributed by atoms with Crippen LogP contribution < -0.4 is 26.2 Å². The minimum absolute atomic E-state index is 0.181. The summed E-state index contributed by atoms with van der Waals surface area (Å²) in [6, 6.07) is 16.5. The average Bonchev–Trinajstić information content (AvgIpc) is 3.46. The van der Waals surface area contributed by atoms with Crippen LogP contribution >= 0.6 is 0 Å². The third-order valence-electron chi connectivity index (χ3n) is 9.11. The van der Waals surface area contributed by atoms with Crippen LogP contribution in [0, 0.1) is 18.8 Å². The molecule has 1 aromatic heterocycles. The number of ether oxygens (including phenoxy) is 1. The van der Waals surface area contributed by atoms with E-state index in [-0.39, 0.29) is 34.6 Å². The van der Waals surface area contributed by atoms with Gasteiger partial charge in [-0.3, -0.25) is 24.6 Å². The van der Waals surface area contributed by atoms with Gasteiger partial charge in [-0.15, -0.1) is 0 Å². The van der Waals surface area contributed by atoms with E-state index >= 15 is 0 Å². The van der Waals surface area contributed by atoms with Gasteiger partial charge < -0.3 is 20.7 Å². The molecule has 1 atom stereocenters. The highest BCUT2D eigenvalue weighted by Crippen LogP contribution is 2.30. The van der Waals surface area contributed by atoms with Crippen molar-refractivity contribution in [2.24, 2.45) is 11.8 Å². The maximum Gasteiger partial charge on any atom is 0.407 e. The molecule has 0 radical (unpaired) electrons. The zero-order valence-corrected chi connectivity index (χ0v) is 30.3. The molecule has 1 heterocycles. The number of H-pyrrole nitrogens is 2. The van der Waals surface area contributed by atoms with Crippen LogP contribution in [0.25, 0.3) is 22.0 Å². The van der Waals surface area contributed by atoms with Crippen molar-refractivity contribution in [2.45, 2.75) is 76.3 Å². The van der Waals surface area contributed by atoms with E-state index in [2.05, 4.69) is 30.9 Å². The number of aromatic nitrogens is 2. The highest BCUT2D eigenvalue weighted by molar-refractivity contribution is 7.89. The summed E-state index contributed by atoms with van der Waals surface area (Å²) in [5.74, 6) is -0.666. The van der Waals surface area contributed by atoms with Crippen molar-refractivity contribution in [1.29, 1.82) is 0 Å². The number of sulfonamides is 1. The molecule has 1 aliphatic rings. The van der Waals surface area contributed by atoms with E-state index in [0.717, 1.165) is 35.1 Å². The van der Waals surface area contributed by atoms with Crippen LogP contribution in [0.1, 0.15) is 57.6 Å². The van der Waals surface area contributed by atoms with Crippen molar-refractivity contribution < 1.29 is 27.5 Å². The molecule has 14 heteroatoms. The number of aryl methyl sites for hydroxylation is 1. The van der Waals surface area contributed by atoms with Crippen LogP contribution in [0.5, 0.6) is 0 Å². The van der Waals surface area contributed by atoms with E-state index in [9.17, 15) is 27.6 Å². The summed E-state index contributed by atoms with van der Waals surface area (Å²) in [7, 11) is -2.20. The van der Waals surface area contributed by atoms with Gasteiger partial charge in [0, 0.05) is 24.6 Å². The van der Waals surface area contributed by atoms with Crippen LogP contribution in [0.15, 0.2) is 70.4 Å². The van der Waals surface area contributed by atoms with Crippen molar-refractivity contribution >= 4 is 44.5 Å². The number of anilines is 1. The fourth-order valence-corrected chi connectivity index (χ4v) is 7.13. The molecule has 1 unspecified atom stereocenters. The van der Waals surface area contributed by atoms with E-state index in [4.69, 9.17) is 4.74 Å². The molecule has 51 heavy (non-hydrogen) atoms. The molecule has 3 aromatic carbocycles. The van der Waals surface area contributed by atoms with E-state index in [1.165, 1.54) is 7.05 Å². The van der Waals surface area contributed by atoms with Crippen molar-refractivity contribution in [2.75, 3.05) is 18.9 Å². The number of carbonyl (C=O) groups is 3. The number of hydrogen-bond donors (Lipinski definition) is 6. The zero-order valence-electron chi connectivity index (χ0n) is 29.5. The maximum absolute atomic E-state index is 13.7. The second kappa shape index (κ2) is 15.5. The SMILES string of the molecule is CNS(=O)(=O)c1ccc(-c2ccc(CC(NC(=O)C3CCC(CNC(=O)OC(C)(C)C)CC3)C(=O)Nc3ccc4c(=O)[nH][nH]c4c3)cc2)c(C)c1. The van der Waals surface area contributed by atoms with Gasteiger partial charge in [-0.25, -0.2) is 17.9 Å². The Morgan fingerprint density at radius 1 is 0.941 bits per heavy atom. The Morgan fingerprint density at radius 3 is 2.29 bits per heavy atom. The number of aromatic amines is 2. The van der Waals surface area contributed by atoms with E-state index in [1.807, 2.05) is 52.0 Å². The Morgan fingerprint density at radius 2 is 1.65 bits per heavy atom. The highest BCUT2D eigenvalue weighted by atomic mass is 32.2. The number of hydrogen-bond acceptors (Lipinski definition) is 7. The van der Waals surface area contributed by atoms with Gasteiger partial charge >= 0.3 is 6.09 Å². The quantitative estimate of drug-likeness (QED) is 0.129. The normalized spacial score (nSPS) is 17.0. The lowest BCUT2D eigenvalue weighted by molar-refractivity contribution is -0.130. The first kappa shape index (κ1) is 37.3. The molecule has 1 saturated carbocycles. The molecule has 6 N–H and O–H groups in total. The Balaban J connectivity index is 1.27. The molecule has 272 valence electrons. The van der Waals surface area contributed by atoms with Crippen molar-refractivity contribution in [1.82, 2.24) is 25.6 Å². The summed E-state index contributed by atoms with van der Waals surface area (Å²) in [5.41, 5.74) is 3.52. The van der Waals surface area contributed by atoms with E-state index in [0.29, 0.717) is 36.0 Å². The molecule has 0 bridgehead atoms. The molecular formula is C37H46N6O7S. The summed E-state index contributed by atoms with van der Waals surface area (Å²) in [5, 5.41) is 14.5. The first-order chi connectivity index (χ1) is 24.1. The number of amides is 3. The fourth-order valence-electron chi connectivity index (χ4n) is 6.31. The summed E-state index contributed by atoms with van der Waals surface area (Å²) in [6.45, 7) is 7.75. The zero-order chi connectivity index (χ0) is 36.9. The van der Waals surface area contributed by atoms with Crippen LogP contribution in [0.4, 0.5) is 10.5 Å². The Bertz CT molecular complexity index is 2060. The van der Waals surface area contributed by atoms with Crippen molar-refractivity contribution in [3.05, 3.63) is 82.1 Å². The Kier molecular flexibility index (Phi) is 11.4. The number of alkyl carbamates (subject to hydrolysis) is 1. The summed E-state index contributed by atoms with van der Waals surface area (Å²) < 4.78 is 32.2. The van der Waals surface area contributed by atoms with E-state index < -0.39 is 33.7 Å². The van der Waals surface area contributed by atoms with Gasteiger partial charge in [-0.1, -0.05) is 30.3 Å². The van der Waals surface area contributed by atoms with Crippen LogP contribution in [-0.2, 0) is 30.8 Å². The molecule has 1 aliphatic carbocycles. The standard InChI is InChI=1S/C37H46N6O7S/c1-22-18-28(51(48,49)38-5)15-17-29(22)25-10-6-23(7-11-25)19-32(35(46)40-27-14-16-30-31(20-27)42-43-34(30)45)41-33(44)26-12-8-24(9-13-26)21-39-36(47)50-37(2,3)4/h6-7,10-11,14-18,20,24,26,32,38H,8-9,12-13,19,21H2,1-5H3,(H,39,47)(H,40,46)(H,41,44)(H2,42,43,45). The van der Waals surface area contributed by atoms with Crippen molar-refractivity contribution in [3.63, 3.8) is 0 Å². The Hall–Kier alpha value is -4.95. The largest absolute Gasteiger partial charge is 0.444 e. The molecule has 0 saturated heterocycles. The first-order valence-corrected chi connectivity index (χ1v) is 18.5. The molecule has 0 aliphatic heterocycles. The summed E-state index contributed by atoms with van der Waals surface area (Å²) in [4.78, 5) is 51.6. The minimum Gasteiger partial charge on any atom is -0.444 e. The number of benzene rings is 3. The molecular weight excluding hydrogens is 673 g/mol. The number of carbonyl (C=O) groups excluding carboxylic acids is 3. The van der Waals surface area contributed by atoms with Crippen LogP contribution in [-0.4, -0.2) is 61.8 Å². The average molecular weight is 719 g/mol. The maximum atomic E-state index is 13.7. The lowest BCUT2D eigenvalue weighted by atomic mass is 9.81. The van der Waals surface area contributed by atoms with E-state index in [1.54, 1.807) is 36.4 Å². The molecule has 13 nitrogen and oxygen atoms in total. The lowest BCUT2D eigenvalue weighted by Gasteiger charge is -2.29. The van der Waals surface area contributed by atoms with Gasteiger partial charge in [-0.05, 0) is 119 Å². The smallest absolute Gasteiger partial charge is 0.407 e. The molecule has 4 aromatic rings. The third-order valence-corrected chi connectivity index (χ3v) is 10.5. The Labute approximate surface area is 297 Å². The minimum atomic E-state index is -3.57. The van der Waals surface area contributed by atoms with Gasteiger partial charge in [0.15, 0.2) is 0 Å². The summed E-state index contributed by atoms with van der Waals surface area (Å²) >= 11 is 0. The molecule has 1 fully saturated rings. The molecule has 0 spiro atoms. The van der Waals surface area contributed by atoms with Crippen LogP contribution in [0.2, 0.25) is 0 Å². The van der Waals surface area contributed by atoms with Gasteiger partial charge in [0.25, 0.3) is 5.56 Å². The van der Waals surface area contributed by atoms with Gasteiger partial charge in [0.2, 0.25) is 21.8 Å². The second-order valence-corrected chi connectivity index (χ2v) is 16.0. The molecule has 3 amide bonds. The van der Waals surface area contributed by atoms with Gasteiger partial charge in [0.05, 0.1) is 15.8 Å². The fraction of sp³-hybridized carbons (Fsp3) is 0.405. The second-order valence-electron chi connectivity index (χ2n) is 14.1. The number of nitrogens with one attached hydrogen (secondary N) is 6. The lowest BCUT2D eigenvalue weighted by Crippen LogP contribution is -2.48. The highest BCUT2D eigenvalue weighted by Gasteiger charge is 2.30. The van der Waals surface area contributed by atoms with Gasteiger partial charge in [-0.2, -0.15) is 0 Å². The van der Waals surface area contributed by atoms with Gasteiger partial charge in [0.1, 0.15) is 11.6 Å². The third kappa shape index (κ3) is 9.64. The summed E-state index contributed by atoms with van der Waals surface area (Å²) in [6.07, 6.45) is 2.51. The number of rotatable bonds is 11. The topological polar surface area (TPSA) is 191 Å². The van der Waals surface area contributed by atoms with Crippen LogP contribution in [0.3, 0.4) is 0 Å². The monoisotopic (exact) mass is 718 g/mol. The number of fused-ring (bicyclic) bond motifs is 1. The predicted molar refractivity (Wildman–Crippen MR) is 196 cm³/mol. The predicted octanol–water partition coefficient (Wildman–Crippen LogP) is 4.74. The van der Waals surface area contributed by atoms with Crippen molar-refractivity contribution in [3.8, 4) is 11.1 Å². The molecule has 5 rings (SSSR count). The first-order valence-electron chi connectivity index (χ1n) is 17.0.